The second-order valence-electron chi connectivity index (χ2n) is 25.7. The summed E-state index contributed by atoms with van der Waals surface area (Å²) < 4.78 is 34.4. The molecule has 0 bridgehead atoms. The van der Waals surface area contributed by atoms with Crippen LogP contribution in [-0.4, -0.2) is 193 Å². The number of hydrogen-bond donors (Lipinski definition) is 12. The highest BCUT2D eigenvalue weighted by Gasteiger charge is 2.53. The van der Waals surface area contributed by atoms with Gasteiger partial charge >= 0.3 is 0 Å². The minimum absolute atomic E-state index is 0.249. The average molecular weight is 1280 g/mol. The molecule has 3 aliphatic heterocycles. The minimum Gasteiger partial charge on any atom is -0.394 e. The summed E-state index contributed by atoms with van der Waals surface area (Å²) in [6.45, 7) is 1.70. The maximum atomic E-state index is 13.4. The predicted octanol–water partition coefficient (Wildman–Crippen LogP) is 9.78. The maximum Gasteiger partial charge on any atom is 0.220 e. The predicted molar refractivity (Wildman–Crippen MR) is 351 cm³/mol. The van der Waals surface area contributed by atoms with Crippen LogP contribution >= 0.6 is 0 Å². The molecular formula is C71H129NO18. The summed E-state index contributed by atoms with van der Waals surface area (Å²) in [5.41, 5.74) is 0. The van der Waals surface area contributed by atoms with Gasteiger partial charge in [-0.1, -0.05) is 255 Å². The topological polar surface area (TPSA) is 307 Å². The molecule has 90 heavy (non-hydrogen) atoms. The Morgan fingerprint density at radius 2 is 0.767 bits per heavy atom. The molecule has 17 unspecified atom stereocenters. The first-order chi connectivity index (χ1) is 43.8. The van der Waals surface area contributed by atoms with Crippen molar-refractivity contribution in [2.45, 2.75) is 369 Å². The van der Waals surface area contributed by atoms with E-state index in [4.69, 9.17) is 28.4 Å². The molecule has 19 nitrogen and oxygen atoms in total. The lowest BCUT2D eigenvalue weighted by Crippen LogP contribution is -2.66. The molecule has 0 aromatic rings. The number of aliphatic hydroxyl groups is 11. The van der Waals surface area contributed by atoms with Gasteiger partial charge in [0.2, 0.25) is 5.91 Å². The van der Waals surface area contributed by atoms with Crippen molar-refractivity contribution < 1.29 is 89.4 Å². The van der Waals surface area contributed by atoms with E-state index in [9.17, 15) is 61.0 Å². The van der Waals surface area contributed by atoms with Crippen molar-refractivity contribution in [3.05, 3.63) is 48.6 Å². The van der Waals surface area contributed by atoms with E-state index in [1.807, 2.05) is 0 Å². The van der Waals surface area contributed by atoms with Crippen molar-refractivity contribution in [3.8, 4) is 0 Å². The van der Waals surface area contributed by atoms with Crippen LogP contribution in [0.15, 0.2) is 48.6 Å². The molecule has 526 valence electrons. The van der Waals surface area contributed by atoms with E-state index in [2.05, 4.69) is 67.8 Å². The lowest BCUT2D eigenvalue weighted by molar-refractivity contribution is -0.379. The van der Waals surface area contributed by atoms with Crippen molar-refractivity contribution in [2.75, 3.05) is 26.4 Å². The summed E-state index contributed by atoms with van der Waals surface area (Å²) in [6, 6.07) is -0.898. The molecule has 3 heterocycles. The standard InChI is InChI=1S/C71H129NO18/c1-3-5-7-9-11-13-15-17-19-21-23-24-25-26-27-28-29-31-32-34-36-38-40-42-44-46-48-55(76)54(72-59(77)49-47-45-43-41-39-37-35-33-30-22-20-18-16-14-12-10-8-6-4-2)53-85-69-65(83)62(80)67(57(51-74)87-69)90-71-66(84)63(81)68(58(52-75)88-71)89-70-64(82)61(79)60(78)56(50-73)86-70/h6,8,12,14,18,20,30,33,54-58,60-71,73-76,78-84H,3-5,7,9-11,13,15-17,19,21-29,31-32,34-53H2,1-2H3,(H,72,77)/b8-6-,14-12-,20-18-,33-30-. The molecule has 3 fully saturated rings. The molecule has 0 aromatic carbocycles. The number of amides is 1. The Morgan fingerprint density at radius 1 is 0.411 bits per heavy atom. The molecule has 0 aromatic heterocycles. The molecule has 0 radical (unpaired) electrons. The monoisotopic (exact) mass is 1280 g/mol. The Hall–Kier alpha value is -2.25. The zero-order valence-electron chi connectivity index (χ0n) is 55.6. The van der Waals surface area contributed by atoms with Gasteiger partial charge in [-0.05, 0) is 51.4 Å². The largest absolute Gasteiger partial charge is 0.394 e. The highest BCUT2D eigenvalue weighted by molar-refractivity contribution is 5.76. The number of ether oxygens (including phenoxy) is 6. The number of carbonyl (C=O) groups excluding carboxylic acids is 1. The average Bonchev–Trinajstić information content (AvgIpc) is 0.846. The van der Waals surface area contributed by atoms with Crippen LogP contribution in [0, 0.1) is 0 Å². The van der Waals surface area contributed by atoms with Crippen molar-refractivity contribution in [2.24, 2.45) is 0 Å². The van der Waals surface area contributed by atoms with Crippen LogP contribution in [0.1, 0.15) is 264 Å². The van der Waals surface area contributed by atoms with E-state index in [0.29, 0.717) is 12.8 Å². The van der Waals surface area contributed by atoms with Crippen LogP contribution in [0.4, 0.5) is 0 Å². The van der Waals surface area contributed by atoms with E-state index in [-0.39, 0.29) is 18.9 Å². The molecule has 3 saturated heterocycles. The lowest BCUT2D eigenvalue weighted by atomic mass is 9.96. The third kappa shape index (κ3) is 34.4. The zero-order valence-corrected chi connectivity index (χ0v) is 55.6. The minimum atomic E-state index is -1.98. The molecule has 0 spiro atoms. The van der Waals surface area contributed by atoms with Gasteiger partial charge in [0.1, 0.15) is 73.2 Å². The second-order valence-corrected chi connectivity index (χ2v) is 25.7. The van der Waals surface area contributed by atoms with Crippen LogP contribution in [0.25, 0.3) is 0 Å². The fraction of sp³-hybridized carbons (Fsp3) is 0.873. The van der Waals surface area contributed by atoms with Gasteiger partial charge in [0, 0.05) is 6.42 Å². The molecule has 12 N–H and O–H groups in total. The van der Waals surface area contributed by atoms with Crippen molar-refractivity contribution in [1.29, 1.82) is 0 Å². The summed E-state index contributed by atoms with van der Waals surface area (Å²) in [5, 5.41) is 121. The fourth-order valence-electron chi connectivity index (χ4n) is 12.1. The van der Waals surface area contributed by atoms with E-state index in [1.54, 1.807) is 0 Å². The van der Waals surface area contributed by atoms with Crippen LogP contribution in [0.2, 0.25) is 0 Å². The van der Waals surface area contributed by atoms with Gasteiger partial charge < -0.3 is 89.9 Å². The highest BCUT2D eigenvalue weighted by atomic mass is 16.8. The van der Waals surface area contributed by atoms with Gasteiger partial charge in [-0.2, -0.15) is 0 Å². The Bertz CT molecular complexity index is 1820. The van der Waals surface area contributed by atoms with Crippen LogP contribution in [-0.2, 0) is 33.2 Å². The number of nitrogens with one attached hydrogen (secondary N) is 1. The number of rotatable bonds is 55. The Kier molecular flexibility index (Phi) is 48.2. The number of unbranched alkanes of at least 4 members (excludes halogenated alkanes) is 31. The summed E-state index contributed by atoms with van der Waals surface area (Å²) in [6.07, 6.45) is 36.2. The van der Waals surface area contributed by atoms with Gasteiger partial charge in [-0.15, -0.1) is 0 Å². The Morgan fingerprint density at radius 3 is 1.20 bits per heavy atom. The van der Waals surface area contributed by atoms with Crippen LogP contribution in [0.3, 0.4) is 0 Å². The van der Waals surface area contributed by atoms with Gasteiger partial charge in [-0.3, -0.25) is 4.79 Å². The van der Waals surface area contributed by atoms with E-state index in [1.165, 1.54) is 141 Å². The maximum absolute atomic E-state index is 13.4. The quantitative estimate of drug-likeness (QED) is 0.0199. The molecule has 19 heteroatoms. The number of allylic oxidation sites excluding steroid dienone is 8. The zero-order chi connectivity index (χ0) is 65.4. The highest BCUT2D eigenvalue weighted by Crippen LogP contribution is 2.33. The van der Waals surface area contributed by atoms with Gasteiger partial charge in [0.05, 0.1) is 38.6 Å². The summed E-state index contributed by atoms with van der Waals surface area (Å²) in [7, 11) is 0. The number of aliphatic hydroxyl groups excluding tert-OH is 11. The van der Waals surface area contributed by atoms with E-state index in [0.717, 1.165) is 89.9 Å². The lowest BCUT2D eigenvalue weighted by Gasteiger charge is -2.48. The molecule has 0 aliphatic carbocycles. The molecule has 17 atom stereocenters. The summed E-state index contributed by atoms with van der Waals surface area (Å²) >= 11 is 0. The summed E-state index contributed by atoms with van der Waals surface area (Å²) in [5.74, 6) is -0.255. The molecule has 1 amide bonds. The van der Waals surface area contributed by atoms with E-state index < -0.39 is 124 Å². The van der Waals surface area contributed by atoms with E-state index >= 15 is 0 Å². The van der Waals surface area contributed by atoms with Crippen molar-refractivity contribution >= 4 is 5.91 Å². The van der Waals surface area contributed by atoms with Gasteiger partial charge in [0.25, 0.3) is 0 Å². The first kappa shape index (κ1) is 82.0. The first-order valence-corrected chi connectivity index (χ1v) is 35.9. The Labute approximate surface area is 542 Å². The summed E-state index contributed by atoms with van der Waals surface area (Å²) in [4.78, 5) is 13.4. The Balaban J connectivity index is 1.42. The van der Waals surface area contributed by atoms with Crippen LogP contribution < -0.4 is 5.32 Å². The molecule has 3 aliphatic rings. The first-order valence-electron chi connectivity index (χ1n) is 35.9. The van der Waals surface area contributed by atoms with Gasteiger partial charge in [-0.25, -0.2) is 0 Å². The number of hydrogen-bond acceptors (Lipinski definition) is 18. The smallest absolute Gasteiger partial charge is 0.220 e. The third-order valence-corrected chi connectivity index (χ3v) is 17.9. The number of carbonyl (C=O) groups is 1. The van der Waals surface area contributed by atoms with Gasteiger partial charge in [0.15, 0.2) is 18.9 Å². The fourth-order valence-corrected chi connectivity index (χ4v) is 12.1. The SMILES string of the molecule is CC/C=C\C/C=C\C/C=C\C/C=C\CCCCCCCCC(=O)NC(COC1OC(CO)C(OC2OC(CO)C(OC3OC(CO)C(O)C(O)C3O)C(O)C2O)C(O)C1O)C(O)CCCCCCCCCCCCCCCCCCCCCCCCCCCC. The normalized spacial score (nSPS) is 28.3. The van der Waals surface area contributed by atoms with Crippen LogP contribution in [0.5, 0.6) is 0 Å². The molecular weight excluding hydrogens is 1150 g/mol. The molecule has 0 saturated carbocycles. The molecule has 3 rings (SSSR count). The third-order valence-electron chi connectivity index (χ3n) is 17.9. The van der Waals surface area contributed by atoms with Crippen molar-refractivity contribution in [3.63, 3.8) is 0 Å². The second kappa shape index (κ2) is 53.0. The van der Waals surface area contributed by atoms with Crippen molar-refractivity contribution in [1.82, 2.24) is 5.32 Å².